The van der Waals surface area contributed by atoms with Crippen molar-refractivity contribution in [3.8, 4) is 0 Å². The lowest BCUT2D eigenvalue weighted by Gasteiger charge is -2.19. The summed E-state index contributed by atoms with van der Waals surface area (Å²) in [4.78, 5) is 11.5. The van der Waals surface area contributed by atoms with Crippen LogP contribution < -0.4 is 5.32 Å². The second-order valence-corrected chi connectivity index (χ2v) is 4.12. The third-order valence-electron chi connectivity index (χ3n) is 2.73. The van der Waals surface area contributed by atoms with E-state index >= 15 is 0 Å². The summed E-state index contributed by atoms with van der Waals surface area (Å²) in [6.45, 7) is 6.70. The molecule has 0 fully saturated rings. The second kappa shape index (κ2) is 7.11. The smallest absolute Gasteiger partial charge is 0.307 e. The highest BCUT2D eigenvalue weighted by Gasteiger charge is 2.17. The number of carbonyl (C=O) groups excluding carboxylic acids is 1. The molecule has 0 aliphatic rings. The van der Waals surface area contributed by atoms with E-state index in [1.54, 1.807) is 13.0 Å². The molecular formula is C14H20FNO2. The molecule has 0 aromatic heterocycles. The van der Waals surface area contributed by atoms with Crippen molar-refractivity contribution in [3.05, 3.63) is 35.1 Å². The van der Waals surface area contributed by atoms with E-state index in [4.69, 9.17) is 4.74 Å². The van der Waals surface area contributed by atoms with Gasteiger partial charge in [0.1, 0.15) is 5.82 Å². The molecule has 0 bridgehead atoms. The van der Waals surface area contributed by atoms with Crippen LogP contribution in [0.3, 0.4) is 0 Å². The zero-order chi connectivity index (χ0) is 13.5. The Balaban J connectivity index is 2.86. The normalized spacial score (nSPS) is 12.2. The van der Waals surface area contributed by atoms with Crippen molar-refractivity contribution in [2.45, 2.75) is 33.2 Å². The number of ether oxygens (including phenoxy) is 1. The third-order valence-corrected chi connectivity index (χ3v) is 2.73. The quantitative estimate of drug-likeness (QED) is 0.792. The molecule has 0 heterocycles. The van der Waals surface area contributed by atoms with E-state index in [1.807, 2.05) is 13.8 Å². The van der Waals surface area contributed by atoms with Gasteiger partial charge in [0.15, 0.2) is 0 Å². The monoisotopic (exact) mass is 253 g/mol. The second-order valence-electron chi connectivity index (χ2n) is 4.12. The Morgan fingerprint density at radius 1 is 1.44 bits per heavy atom. The summed E-state index contributed by atoms with van der Waals surface area (Å²) in [5.41, 5.74) is 1.77. The van der Waals surface area contributed by atoms with Crippen molar-refractivity contribution >= 4 is 5.97 Å². The summed E-state index contributed by atoms with van der Waals surface area (Å²) in [7, 11) is 0. The van der Waals surface area contributed by atoms with Gasteiger partial charge in [0.05, 0.1) is 13.0 Å². The number of hydrogen-bond acceptors (Lipinski definition) is 3. The summed E-state index contributed by atoms with van der Waals surface area (Å²) in [6, 6.07) is 4.48. The largest absolute Gasteiger partial charge is 0.466 e. The maximum atomic E-state index is 13.1. The van der Waals surface area contributed by atoms with E-state index in [2.05, 4.69) is 5.32 Å². The SMILES string of the molecule is CCNC(CC(=O)OCC)c1ccc(F)cc1C. The van der Waals surface area contributed by atoms with Gasteiger partial charge < -0.3 is 10.1 Å². The third kappa shape index (κ3) is 4.11. The Morgan fingerprint density at radius 2 is 2.17 bits per heavy atom. The molecule has 18 heavy (non-hydrogen) atoms. The zero-order valence-corrected chi connectivity index (χ0v) is 11.1. The maximum Gasteiger partial charge on any atom is 0.307 e. The van der Waals surface area contributed by atoms with Crippen molar-refractivity contribution in [1.82, 2.24) is 5.32 Å². The van der Waals surface area contributed by atoms with E-state index in [0.717, 1.165) is 17.7 Å². The van der Waals surface area contributed by atoms with Crippen LogP contribution in [-0.2, 0) is 9.53 Å². The van der Waals surface area contributed by atoms with E-state index in [1.165, 1.54) is 12.1 Å². The Labute approximate surface area is 107 Å². The van der Waals surface area contributed by atoms with Crippen LogP contribution in [0.2, 0.25) is 0 Å². The fourth-order valence-electron chi connectivity index (χ4n) is 1.96. The fraction of sp³-hybridized carbons (Fsp3) is 0.500. The number of hydrogen-bond donors (Lipinski definition) is 1. The number of aryl methyl sites for hydroxylation is 1. The van der Waals surface area contributed by atoms with Gasteiger partial charge >= 0.3 is 5.97 Å². The lowest BCUT2D eigenvalue weighted by atomic mass is 9.98. The Morgan fingerprint density at radius 3 is 2.72 bits per heavy atom. The predicted molar refractivity (Wildman–Crippen MR) is 68.8 cm³/mol. The average molecular weight is 253 g/mol. The minimum atomic E-state index is -0.261. The summed E-state index contributed by atoms with van der Waals surface area (Å²) in [6.07, 6.45) is 0.258. The highest BCUT2D eigenvalue weighted by atomic mass is 19.1. The molecule has 1 aromatic rings. The summed E-state index contributed by atoms with van der Waals surface area (Å²) < 4.78 is 18.0. The summed E-state index contributed by atoms with van der Waals surface area (Å²) in [5, 5.41) is 3.23. The fourth-order valence-corrected chi connectivity index (χ4v) is 1.96. The maximum absolute atomic E-state index is 13.1. The molecule has 1 aromatic carbocycles. The van der Waals surface area contributed by atoms with Gasteiger partial charge in [0, 0.05) is 6.04 Å². The number of halogens is 1. The minimum Gasteiger partial charge on any atom is -0.466 e. The molecule has 1 unspecified atom stereocenters. The van der Waals surface area contributed by atoms with Crippen molar-refractivity contribution < 1.29 is 13.9 Å². The number of carbonyl (C=O) groups is 1. The summed E-state index contributed by atoms with van der Waals surface area (Å²) >= 11 is 0. The van der Waals surface area contributed by atoms with Crippen molar-refractivity contribution in [2.75, 3.05) is 13.2 Å². The highest BCUT2D eigenvalue weighted by molar-refractivity contribution is 5.70. The number of benzene rings is 1. The molecule has 0 spiro atoms. The van der Waals surface area contributed by atoms with E-state index in [0.29, 0.717) is 6.61 Å². The molecule has 0 saturated heterocycles. The van der Waals surface area contributed by atoms with Crippen molar-refractivity contribution in [1.29, 1.82) is 0 Å². The molecule has 0 saturated carbocycles. The molecule has 0 amide bonds. The first-order valence-corrected chi connectivity index (χ1v) is 6.23. The van der Waals surface area contributed by atoms with Gasteiger partial charge in [-0.1, -0.05) is 13.0 Å². The molecule has 100 valence electrons. The number of esters is 1. The van der Waals surface area contributed by atoms with Crippen LogP contribution in [-0.4, -0.2) is 19.1 Å². The lowest BCUT2D eigenvalue weighted by molar-refractivity contribution is -0.143. The summed E-state index contributed by atoms with van der Waals surface area (Å²) in [5.74, 6) is -0.505. The van der Waals surface area contributed by atoms with E-state index in [9.17, 15) is 9.18 Å². The molecule has 0 aliphatic heterocycles. The molecule has 1 N–H and O–H groups in total. The van der Waals surface area contributed by atoms with Crippen molar-refractivity contribution in [3.63, 3.8) is 0 Å². The molecule has 1 rings (SSSR count). The van der Waals surface area contributed by atoms with Crippen LogP contribution in [0.1, 0.15) is 37.4 Å². The van der Waals surface area contributed by atoms with Gasteiger partial charge in [0.25, 0.3) is 0 Å². The molecule has 3 nitrogen and oxygen atoms in total. The van der Waals surface area contributed by atoms with Crippen LogP contribution >= 0.6 is 0 Å². The highest BCUT2D eigenvalue weighted by Crippen LogP contribution is 2.22. The van der Waals surface area contributed by atoms with Gasteiger partial charge in [-0.3, -0.25) is 4.79 Å². The molecule has 0 radical (unpaired) electrons. The first-order valence-electron chi connectivity index (χ1n) is 6.23. The zero-order valence-electron chi connectivity index (χ0n) is 11.1. The van der Waals surface area contributed by atoms with Gasteiger partial charge in [0.2, 0.25) is 0 Å². The van der Waals surface area contributed by atoms with Crippen LogP contribution in [0, 0.1) is 12.7 Å². The van der Waals surface area contributed by atoms with Gasteiger partial charge in [-0.05, 0) is 43.7 Å². The van der Waals surface area contributed by atoms with Crippen LogP contribution in [0.5, 0.6) is 0 Å². The Kier molecular flexibility index (Phi) is 5.78. The molecule has 0 aliphatic carbocycles. The standard InChI is InChI=1S/C14H20FNO2/c1-4-16-13(9-14(17)18-5-2)12-7-6-11(15)8-10(12)3/h6-8,13,16H,4-5,9H2,1-3H3. The number of nitrogens with one attached hydrogen (secondary N) is 1. The van der Waals surface area contributed by atoms with Crippen LogP contribution in [0.25, 0.3) is 0 Å². The average Bonchev–Trinajstić information content (AvgIpc) is 2.29. The van der Waals surface area contributed by atoms with Crippen LogP contribution in [0.15, 0.2) is 18.2 Å². The van der Waals surface area contributed by atoms with Gasteiger partial charge in [-0.25, -0.2) is 4.39 Å². The molecule has 4 heteroatoms. The van der Waals surface area contributed by atoms with Crippen LogP contribution in [0.4, 0.5) is 4.39 Å². The van der Waals surface area contributed by atoms with Gasteiger partial charge in [-0.15, -0.1) is 0 Å². The van der Waals surface area contributed by atoms with E-state index < -0.39 is 0 Å². The first-order chi connectivity index (χ1) is 8.58. The van der Waals surface area contributed by atoms with Crippen molar-refractivity contribution in [2.24, 2.45) is 0 Å². The first kappa shape index (κ1) is 14.6. The Bertz CT molecular complexity index is 407. The number of rotatable bonds is 6. The topological polar surface area (TPSA) is 38.3 Å². The lowest BCUT2D eigenvalue weighted by Crippen LogP contribution is -2.25. The minimum absolute atomic E-state index is 0.130. The Hall–Kier alpha value is -1.42. The molecule has 1 atom stereocenters. The molecular weight excluding hydrogens is 233 g/mol. The predicted octanol–water partition coefficient (Wildman–Crippen LogP) is 2.74. The van der Waals surface area contributed by atoms with Gasteiger partial charge in [-0.2, -0.15) is 0 Å². The van der Waals surface area contributed by atoms with E-state index in [-0.39, 0.29) is 24.2 Å².